The molecule has 4 aromatic carbocycles. The number of hydrogen-bond acceptors (Lipinski definition) is 5. The van der Waals surface area contributed by atoms with Gasteiger partial charge in [-0.1, -0.05) is 138 Å². The van der Waals surface area contributed by atoms with Crippen LogP contribution in [0.3, 0.4) is 0 Å². The summed E-state index contributed by atoms with van der Waals surface area (Å²) in [7, 11) is 0. The van der Waals surface area contributed by atoms with Crippen LogP contribution in [0.1, 0.15) is 68.6 Å². The van der Waals surface area contributed by atoms with Gasteiger partial charge in [-0.15, -0.1) is 29.8 Å². The van der Waals surface area contributed by atoms with Crippen LogP contribution in [0.2, 0.25) is 0 Å². The summed E-state index contributed by atoms with van der Waals surface area (Å²) < 4.78 is 0. The fourth-order valence-electron chi connectivity index (χ4n) is 5.17. The van der Waals surface area contributed by atoms with Gasteiger partial charge < -0.3 is 4.98 Å². The third-order valence-corrected chi connectivity index (χ3v) is 8.06. The first-order valence-corrected chi connectivity index (χ1v) is 15.5. The van der Waals surface area contributed by atoms with Crippen LogP contribution in [0.25, 0.3) is 45.4 Å². The minimum Gasteiger partial charge on any atom is -0.304 e. The molecule has 0 aliphatic heterocycles. The smallest absolute Gasteiger partial charge is 0.165 e. The molecule has 6 heteroatoms. The van der Waals surface area contributed by atoms with Crippen molar-refractivity contribution in [2.75, 3.05) is 0 Å². The summed E-state index contributed by atoms with van der Waals surface area (Å²) in [5.41, 5.74) is 8.00. The number of benzene rings is 4. The Morgan fingerprint density at radius 2 is 1.04 bits per heavy atom. The summed E-state index contributed by atoms with van der Waals surface area (Å²) in [4.78, 5) is 32.3. The number of aromatic nitrogens is 4. The van der Waals surface area contributed by atoms with Crippen molar-refractivity contribution in [1.29, 1.82) is 0 Å². The molecule has 0 amide bonds. The Hall–Kier alpha value is -4.64. The molecule has 0 N–H and O–H groups in total. The van der Waals surface area contributed by atoms with Crippen molar-refractivity contribution in [2.45, 2.75) is 52.4 Å². The van der Waals surface area contributed by atoms with E-state index in [2.05, 4.69) is 96.1 Å². The van der Waals surface area contributed by atoms with Crippen LogP contribution in [-0.4, -0.2) is 25.7 Å². The van der Waals surface area contributed by atoms with Crippen LogP contribution < -0.4 is 0 Å². The van der Waals surface area contributed by atoms with Gasteiger partial charge in [0.15, 0.2) is 23.3 Å². The molecule has 0 unspecified atom stereocenters. The Balaban J connectivity index is 0.00000433. The van der Waals surface area contributed by atoms with E-state index in [-0.39, 0.29) is 36.7 Å². The molecule has 0 aliphatic carbocycles. The SMILES string of the molecule is CC(C)(C)c1ccc(-c2nc(-c3ccc(C(C)(C)C)cc3)nc(-c3ccc(-c4[c-]cc(C(=O)c5ccccc5)cc4)nc3)n2)cc1.[Ir]. The average molecular weight is 794 g/mol. The summed E-state index contributed by atoms with van der Waals surface area (Å²) in [6.45, 7) is 13.2. The van der Waals surface area contributed by atoms with E-state index in [4.69, 9.17) is 19.9 Å². The summed E-state index contributed by atoms with van der Waals surface area (Å²) in [6, 6.07) is 38.7. The molecule has 6 rings (SSSR count). The Morgan fingerprint density at radius 3 is 1.47 bits per heavy atom. The number of ketones is 1. The zero-order valence-corrected chi connectivity index (χ0v) is 29.9. The van der Waals surface area contributed by atoms with Crippen LogP contribution in [-0.2, 0) is 30.9 Å². The first kappa shape index (κ1) is 33.7. The second kappa shape index (κ2) is 13.6. The van der Waals surface area contributed by atoms with Gasteiger partial charge in [-0.25, -0.2) is 15.0 Å². The minimum atomic E-state index is -0.0331. The van der Waals surface area contributed by atoms with Crippen molar-refractivity contribution >= 4 is 5.78 Å². The quantitative estimate of drug-likeness (QED) is 0.124. The molecule has 0 saturated heterocycles. The number of carbonyl (C=O) groups is 1. The van der Waals surface area contributed by atoms with Crippen LogP contribution in [0.5, 0.6) is 0 Å². The van der Waals surface area contributed by atoms with Gasteiger partial charge in [-0.2, -0.15) is 0 Å². The summed E-state index contributed by atoms with van der Waals surface area (Å²) >= 11 is 0. The molecule has 0 spiro atoms. The van der Waals surface area contributed by atoms with Crippen LogP contribution in [0, 0.1) is 6.07 Å². The van der Waals surface area contributed by atoms with E-state index in [0.29, 0.717) is 28.6 Å². The molecule has 47 heavy (non-hydrogen) atoms. The summed E-state index contributed by atoms with van der Waals surface area (Å²) in [6.07, 6.45) is 1.78. The molecular formula is C41H37IrN4O-. The third-order valence-electron chi connectivity index (χ3n) is 8.06. The van der Waals surface area contributed by atoms with Gasteiger partial charge >= 0.3 is 0 Å². The number of rotatable bonds is 6. The number of hydrogen-bond donors (Lipinski definition) is 0. The molecule has 5 nitrogen and oxygen atoms in total. The molecule has 237 valence electrons. The van der Waals surface area contributed by atoms with Crippen molar-refractivity contribution in [3.05, 3.63) is 144 Å². The van der Waals surface area contributed by atoms with E-state index in [0.717, 1.165) is 27.9 Å². The molecule has 0 atom stereocenters. The molecule has 0 bridgehead atoms. The van der Waals surface area contributed by atoms with Crippen molar-refractivity contribution in [2.24, 2.45) is 0 Å². The maximum atomic E-state index is 12.8. The van der Waals surface area contributed by atoms with E-state index in [1.54, 1.807) is 12.3 Å². The molecule has 0 fully saturated rings. The van der Waals surface area contributed by atoms with Gasteiger partial charge in [0.25, 0.3) is 0 Å². The van der Waals surface area contributed by atoms with Crippen LogP contribution in [0.4, 0.5) is 0 Å². The maximum absolute atomic E-state index is 12.8. The predicted octanol–water partition coefficient (Wildman–Crippen LogP) is 9.56. The molecular weight excluding hydrogens is 757 g/mol. The Kier molecular flexibility index (Phi) is 9.76. The van der Waals surface area contributed by atoms with E-state index < -0.39 is 0 Å². The summed E-state index contributed by atoms with van der Waals surface area (Å²) in [5, 5.41) is 0. The summed E-state index contributed by atoms with van der Waals surface area (Å²) in [5.74, 6) is 1.73. The van der Waals surface area contributed by atoms with E-state index in [1.165, 1.54) is 11.1 Å². The van der Waals surface area contributed by atoms with Gasteiger partial charge in [0.1, 0.15) is 0 Å². The monoisotopic (exact) mass is 794 g/mol. The number of carbonyl (C=O) groups excluding carboxylic acids is 1. The molecule has 2 aromatic heterocycles. The number of pyridine rings is 1. The van der Waals surface area contributed by atoms with Crippen molar-refractivity contribution in [1.82, 2.24) is 19.9 Å². The minimum absolute atomic E-state index is 0. The second-order valence-corrected chi connectivity index (χ2v) is 13.6. The zero-order chi connectivity index (χ0) is 32.5. The second-order valence-electron chi connectivity index (χ2n) is 13.6. The Morgan fingerprint density at radius 1 is 0.553 bits per heavy atom. The van der Waals surface area contributed by atoms with Gasteiger partial charge in [0.2, 0.25) is 0 Å². The van der Waals surface area contributed by atoms with Gasteiger partial charge in [-0.05, 0) is 27.7 Å². The normalized spacial score (nSPS) is 11.5. The molecule has 0 aliphatic rings. The number of nitrogens with zero attached hydrogens (tertiary/aromatic N) is 4. The molecule has 6 aromatic rings. The van der Waals surface area contributed by atoms with Gasteiger partial charge in [-0.3, -0.25) is 4.79 Å². The first-order chi connectivity index (χ1) is 22.0. The van der Waals surface area contributed by atoms with E-state index in [1.807, 2.05) is 54.6 Å². The van der Waals surface area contributed by atoms with Crippen molar-refractivity contribution < 1.29 is 24.9 Å². The van der Waals surface area contributed by atoms with Crippen molar-refractivity contribution in [3.63, 3.8) is 0 Å². The fourth-order valence-corrected chi connectivity index (χ4v) is 5.17. The van der Waals surface area contributed by atoms with Gasteiger partial charge in [0, 0.05) is 48.6 Å². The molecule has 1 radical (unpaired) electrons. The first-order valence-electron chi connectivity index (χ1n) is 15.5. The Labute approximate surface area is 291 Å². The third kappa shape index (κ3) is 7.68. The van der Waals surface area contributed by atoms with E-state index >= 15 is 0 Å². The largest absolute Gasteiger partial charge is 0.304 e. The van der Waals surface area contributed by atoms with Crippen molar-refractivity contribution in [3.8, 4) is 45.4 Å². The standard InChI is InChI=1S/C41H37N4O.Ir/c1-40(2,3)33-21-16-30(17-22-33)37-43-38(31-18-23-34(24-19-31)41(4,5)6)45-39(44-37)32-20-25-35(42-26-32)27-12-14-29(15-13-27)36(46)28-10-8-7-9-11-28;/h7-12,14-26H,1-6H3;/q-1;. The van der Waals surface area contributed by atoms with Gasteiger partial charge in [0.05, 0.1) is 0 Å². The predicted molar refractivity (Wildman–Crippen MR) is 185 cm³/mol. The fraction of sp³-hybridized carbons (Fsp3) is 0.195. The Bertz CT molecular complexity index is 1900. The molecule has 2 heterocycles. The molecule has 0 saturated carbocycles. The van der Waals surface area contributed by atoms with Crippen LogP contribution >= 0.6 is 0 Å². The van der Waals surface area contributed by atoms with Crippen LogP contribution in [0.15, 0.2) is 115 Å². The zero-order valence-electron chi connectivity index (χ0n) is 27.5. The topological polar surface area (TPSA) is 68.6 Å². The average Bonchev–Trinajstić information content (AvgIpc) is 3.07. The van der Waals surface area contributed by atoms with E-state index in [9.17, 15) is 4.79 Å². The maximum Gasteiger partial charge on any atom is 0.165 e.